The zero-order valence-corrected chi connectivity index (χ0v) is 5.84. The van der Waals surface area contributed by atoms with Crippen LogP contribution in [0.25, 0.3) is 0 Å². The van der Waals surface area contributed by atoms with E-state index in [-0.39, 0.29) is 0 Å². The van der Waals surface area contributed by atoms with Gasteiger partial charge in [-0.05, 0) is 0 Å². The SMILES string of the molecule is N#Cc1cnccc1[B-](F)(F)F. The van der Waals surface area contributed by atoms with E-state index >= 15 is 0 Å². The van der Waals surface area contributed by atoms with Crippen LogP contribution in [0.3, 0.4) is 0 Å². The third-order valence-electron chi connectivity index (χ3n) is 1.33. The van der Waals surface area contributed by atoms with Gasteiger partial charge in [-0.2, -0.15) is 5.26 Å². The molecule has 0 atom stereocenters. The van der Waals surface area contributed by atoms with Gasteiger partial charge in [-0.1, -0.05) is 11.5 Å². The summed E-state index contributed by atoms with van der Waals surface area (Å²) >= 11 is 0. The standard InChI is InChI=1S/C6H3BF3N2/c8-7(9,10)6-1-2-12-4-5(6)3-11/h1-2,4H/q-1. The highest BCUT2D eigenvalue weighted by Crippen LogP contribution is 2.10. The number of rotatable bonds is 1. The van der Waals surface area contributed by atoms with Gasteiger partial charge in [-0.15, -0.1) is 0 Å². The molecule has 6 heteroatoms. The Balaban J connectivity index is 3.26. The predicted octanol–water partition coefficient (Wildman–Crippen LogP) is 1.01. The molecular weight excluding hydrogens is 168 g/mol. The molecule has 0 aliphatic rings. The van der Waals surface area contributed by atoms with E-state index in [4.69, 9.17) is 5.26 Å². The molecule has 62 valence electrons. The lowest BCUT2D eigenvalue weighted by molar-refractivity contribution is 0.500. The van der Waals surface area contributed by atoms with Crippen LogP contribution < -0.4 is 5.46 Å². The van der Waals surface area contributed by atoms with Gasteiger partial charge in [-0.25, -0.2) is 0 Å². The van der Waals surface area contributed by atoms with Crippen molar-refractivity contribution >= 4 is 12.4 Å². The van der Waals surface area contributed by atoms with E-state index in [9.17, 15) is 12.9 Å². The molecule has 2 nitrogen and oxygen atoms in total. The van der Waals surface area contributed by atoms with Gasteiger partial charge in [0.1, 0.15) is 0 Å². The van der Waals surface area contributed by atoms with E-state index in [2.05, 4.69) is 4.98 Å². The van der Waals surface area contributed by atoms with Crippen LogP contribution in [0.4, 0.5) is 12.9 Å². The maximum Gasteiger partial charge on any atom is 0.511 e. The molecule has 0 fully saturated rings. The largest absolute Gasteiger partial charge is 0.511 e. The van der Waals surface area contributed by atoms with E-state index in [1.165, 1.54) is 6.07 Å². The third kappa shape index (κ3) is 1.56. The Hall–Kier alpha value is -1.51. The molecule has 0 N–H and O–H groups in total. The van der Waals surface area contributed by atoms with E-state index in [0.29, 0.717) is 0 Å². The lowest BCUT2D eigenvalue weighted by Gasteiger charge is -2.14. The Morgan fingerprint density at radius 2 is 2.08 bits per heavy atom. The fourth-order valence-corrected chi connectivity index (χ4v) is 0.784. The van der Waals surface area contributed by atoms with E-state index < -0.39 is 18.0 Å². The monoisotopic (exact) mass is 171 g/mol. The summed E-state index contributed by atoms with van der Waals surface area (Å²) in [4.78, 5) is 3.42. The topological polar surface area (TPSA) is 36.7 Å². The zero-order valence-electron chi connectivity index (χ0n) is 5.84. The highest BCUT2D eigenvalue weighted by atomic mass is 19.4. The van der Waals surface area contributed by atoms with Crippen molar-refractivity contribution in [3.8, 4) is 6.07 Å². The molecule has 0 spiro atoms. The van der Waals surface area contributed by atoms with Crippen molar-refractivity contribution in [2.75, 3.05) is 0 Å². The molecule has 0 saturated carbocycles. The second-order valence-electron chi connectivity index (χ2n) is 2.15. The fraction of sp³-hybridized carbons (Fsp3) is 0. The highest BCUT2D eigenvalue weighted by Gasteiger charge is 2.28. The van der Waals surface area contributed by atoms with Gasteiger partial charge in [0.05, 0.1) is 6.07 Å². The fourth-order valence-electron chi connectivity index (χ4n) is 0.784. The molecule has 12 heavy (non-hydrogen) atoms. The lowest BCUT2D eigenvalue weighted by Crippen LogP contribution is -2.36. The van der Waals surface area contributed by atoms with Crippen LogP contribution in [0.1, 0.15) is 5.56 Å². The summed E-state index contributed by atoms with van der Waals surface area (Å²) in [6.07, 6.45) is 1.93. The summed E-state index contributed by atoms with van der Waals surface area (Å²) in [5.41, 5.74) is -1.31. The first-order chi connectivity index (χ1) is 5.55. The second kappa shape index (κ2) is 2.85. The van der Waals surface area contributed by atoms with Crippen LogP contribution >= 0.6 is 0 Å². The molecule has 0 unspecified atom stereocenters. The van der Waals surface area contributed by atoms with Gasteiger partial charge in [0.2, 0.25) is 0 Å². The molecule has 1 aromatic heterocycles. The zero-order chi connectivity index (χ0) is 9.19. The Labute approximate surface area is 66.7 Å². The maximum absolute atomic E-state index is 12.1. The molecule has 0 bridgehead atoms. The number of nitriles is 1. The van der Waals surface area contributed by atoms with Crippen molar-refractivity contribution in [3.05, 3.63) is 24.0 Å². The average molecular weight is 171 g/mol. The van der Waals surface area contributed by atoms with Crippen molar-refractivity contribution in [1.82, 2.24) is 4.98 Å². The third-order valence-corrected chi connectivity index (χ3v) is 1.33. The Kier molecular flexibility index (Phi) is 2.04. The normalized spacial score (nSPS) is 10.8. The van der Waals surface area contributed by atoms with Crippen molar-refractivity contribution in [2.45, 2.75) is 0 Å². The minimum Gasteiger partial charge on any atom is -0.445 e. The van der Waals surface area contributed by atoms with Crippen LogP contribution in [0, 0.1) is 11.3 Å². The quantitative estimate of drug-likeness (QED) is 0.591. The summed E-state index contributed by atoms with van der Waals surface area (Å²) < 4.78 is 36.4. The summed E-state index contributed by atoms with van der Waals surface area (Å²) in [6, 6.07) is 2.24. The maximum atomic E-state index is 12.1. The Bertz CT molecular complexity index is 328. The molecular formula is C6H3BF3N2-. The molecule has 0 amide bonds. The van der Waals surface area contributed by atoms with Crippen LogP contribution in [0.5, 0.6) is 0 Å². The molecule has 0 saturated heterocycles. The van der Waals surface area contributed by atoms with Crippen LogP contribution in [0.2, 0.25) is 0 Å². The first-order valence-corrected chi connectivity index (χ1v) is 3.09. The lowest BCUT2D eigenvalue weighted by atomic mass is 9.78. The van der Waals surface area contributed by atoms with Gasteiger partial charge in [0.25, 0.3) is 0 Å². The van der Waals surface area contributed by atoms with Crippen molar-refractivity contribution in [2.24, 2.45) is 0 Å². The first kappa shape index (κ1) is 8.59. The molecule has 1 aromatic rings. The Morgan fingerprint density at radius 3 is 2.50 bits per heavy atom. The van der Waals surface area contributed by atoms with Gasteiger partial charge in [0.15, 0.2) is 0 Å². The van der Waals surface area contributed by atoms with Crippen molar-refractivity contribution < 1.29 is 12.9 Å². The number of nitrogens with zero attached hydrogens (tertiary/aromatic N) is 2. The van der Waals surface area contributed by atoms with Crippen LogP contribution in [-0.4, -0.2) is 12.0 Å². The molecule has 0 aliphatic carbocycles. The minimum atomic E-state index is -5.10. The molecule has 0 radical (unpaired) electrons. The second-order valence-corrected chi connectivity index (χ2v) is 2.15. The molecule has 1 heterocycles. The first-order valence-electron chi connectivity index (χ1n) is 3.09. The van der Waals surface area contributed by atoms with E-state index in [1.807, 2.05) is 0 Å². The van der Waals surface area contributed by atoms with Crippen LogP contribution in [0.15, 0.2) is 18.5 Å². The Morgan fingerprint density at radius 1 is 1.42 bits per heavy atom. The molecule has 0 aliphatic heterocycles. The predicted molar refractivity (Wildman–Crippen MR) is 37.7 cm³/mol. The van der Waals surface area contributed by atoms with Gasteiger partial charge in [0, 0.05) is 18.0 Å². The molecule has 0 aromatic carbocycles. The highest BCUT2D eigenvalue weighted by molar-refractivity contribution is 6.74. The summed E-state index contributed by atoms with van der Waals surface area (Å²) in [6.45, 7) is -5.10. The number of aromatic nitrogens is 1. The summed E-state index contributed by atoms with van der Waals surface area (Å²) in [5, 5.41) is 8.30. The van der Waals surface area contributed by atoms with Crippen LogP contribution in [-0.2, 0) is 0 Å². The average Bonchev–Trinajstić information content (AvgIpc) is 2.03. The number of pyridine rings is 1. The van der Waals surface area contributed by atoms with Gasteiger partial charge >= 0.3 is 6.98 Å². The number of hydrogen-bond acceptors (Lipinski definition) is 2. The van der Waals surface area contributed by atoms with E-state index in [1.54, 1.807) is 0 Å². The summed E-state index contributed by atoms with van der Waals surface area (Å²) in [5.74, 6) is 0. The van der Waals surface area contributed by atoms with E-state index in [0.717, 1.165) is 18.5 Å². The minimum absolute atomic E-state index is 0.426. The summed E-state index contributed by atoms with van der Waals surface area (Å²) in [7, 11) is 0. The van der Waals surface area contributed by atoms with Gasteiger partial charge in [-0.3, -0.25) is 4.98 Å². The smallest absolute Gasteiger partial charge is 0.445 e. The van der Waals surface area contributed by atoms with Crippen molar-refractivity contribution in [1.29, 1.82) is 5.26 Å². The molecule has 1 rings (SSSR count). The number of hydrogen-bond donors (Lipinski definition) is 0. The number of halogens is 3. The van der Waals surface area contributed by atoms with Gasteiger partial charge < -0.3 is 12.9 Å². The van der Waals surface area contributed by atoms with Crippen molar-refractivity contribution in [3.63, 3.8) is 0 Å².